The lowest BCUT2D eigenvalue weighted by atomic mass is 10.1. The van der Waals surface area contributed by atoms with Gasteiger partial charge in [-0.1, -0.05) is 17.8 Å². The van der Waals surface area contributed by atoms with Crippen LogP contribution in [0.5, 0.6) is 0 Å². The molecular formula is C18H20F3N5S. The van der Waals surface area contributed by atoms with E-state index >= 15 is 0 Å². The molecule has 144 valence electrons. The predicted molar refractivity (Wildman–Crippen MR) is 101 cm³/mol. The van der Waals surface area contributed by atoms with Gasteiger partial charge in [0.2, 0.25) is 0 Å². The molecule has 0 radical (unpaired) electrons. The zero-order valence-electron chi connectivity index (χ0n) is 14.8. The zero-order valence-corrected chi connectivity index (χ0v) is 15.6. The van der Waals surface area contributed by atoms with E-state index in [-0.39, 0.29) is 12.1 Å². The fourth-order valence-corrected chi connectivity index (χ4v) is 4.71. The number of aromatic nitrogens is 2. The number of hydrogen-bond acceptors (Lipinski definition) is 5. The number of anilines is 2. The van der Waals surface area contributed by atoms with Crippen LogP contribution in [-0.4, -0.2) is 29.0 Å². The molecule has 1 fully saturated rings. The van der Waals surface area contributed by atoms with Crippen molar-refractivity contribution in [3.8, 4) is 0 Å². The van der Waals surface area contributed by atoms with Crippen LogP contribution in [0.3, 0.4) is 0 Å². The van der Waals surface area contributed by atoms with Gasteiger partial charge in [0.15, 0.2) is 5.82 Å². The van der Waals surface area contributed by atoms with Crippen molar-refractivity contribution in [3.63, 3.8) is 0 Å². The van der Waals surface area contributed by atoms with Gasteiger partial charge in [-0.2, -0.15) is 5.10 Å². The van der Waals surface area contributed by atoms with E-state index in [1.54, 1.807) is 29.0 Å². The number of halogens is 3. The second-order valence-corrected chi connectivity index (χ2v) is 7.86. The van der Waals surface area contributed by atoms with Crippen LogP contribution in [-0.2, 0) is 7.05 Å². The third kappa shape index (κ3) is 3.24. The summed E-state index contributed by atoms with van der Waals surface area (Å²) in [5.74, 6) is -0.550. The molecular weight excluding hydrogens is 375 g/mol. The van der Waals surface area contributed by atoms with Gasteiger partial charge >= 0.3 is 0 Å². The lowest BCUT2D eigenvalue weighted by Crippen LogP contribution is -2.38. The number of benzene rings is 1. The molecule has 2 atom stereocenters. The number of nitrogens with two attached hydrogens (primary N) is 1. The van der Waals surface area contributed by atoms with Crippen molar-refractivity contribution in [1.82, 2.24) is 9.78 Å². The summed E-state index contributed by atoms with van der Waals surface area (Å²) in [6, 6.07) is 3.79. The van der Waals surface area contributed by atoms with Gasteiger partial charge in [-0.25, -0.2) is 13.2 Å². The summed E-state index contributed by atoms with van der Waals surface area (Å²) in [7, 11) is 1.77. The van der Waals surface area contributed by atoms with Crippen LogP contribution in [0.15, 0.2) is 35.6 Å². The van der Waals surface area contributed by atoms with Gasteiger partial charge in [0, 0.05) is 19.8 Å². The summed E-state index contributed by atoms with van der Waals surface area (Å²) in [4.78, 5) is 3.64. The number of hydrogen-bond donors (Lipinski definition) is 1. The molecule has 2 aliphatic heterocycles. The average Bonchev–Trinajstić information content (AvgIpc) is 3.17. The highest BCUT2D eigenvalue weighted by molar-refractivity contribution is 8.03. The van der Waals surface area contributed by atoms with Gasteiger partial charge in [0.25, 0.3) is 0 Å². The van der Waals surface area contributed by atoms with Crippen molar-refractivity contribution in [1.29, 1.82) is 0 Å². The first-order valence-corrected chi connectivity index (χ1v) is 9.61. The fraction of sp³-hybridized carbons (Fsp3) is 0.389. The van der Waals surface area contributed by atoms with Gasteiger partial charge in [0.05, 0.1) is 23.3 Å². The fourth-order valence-electron chi connectivity index (χ4n) is 3.65. The maximum atomic E-state index is 14.4. The van der Waals surface area contributed by atoms with Crippen LogP contribution < -0.4 is 15.5 Å². The van der Waals surface area contributed by atoms with Crippen LogP contribution in [0.25, 0.3) is 0 Å². The Bertz CT molecular complexity index is 864. The van der Waals surface area contributed by atoms with Gasteiger partial charge in [-0.3, -0.25) is 4.68 Å². The highest BCUT2D eigenvalue weighted by Crippen LogP contribution is 2.48. The number of aryl methyl sites for hydroxylation is 1. The smallest absolute Gasteiger partial charge is 0.151 e. The molecule has 5 nitrogen and oxygen atoms in total. The Labute approximate surface area is 159 Å². The molecule has 1 saturated heterocycles. The highest BCUT2D eigenvalue weighted by Gasteiger charge is 2.35. The van der Waals surface area contributed by atoms with Crippen molar-refractivity contribution < 1.29 is 13.2 Å². The minimum absolute atomic E-state index is 0.0592. The Morgan fingerprint density at radius 2 is 2.00 bits per heavy atom. The molecule has 0 saturated carbocycles. The van der Waals surface area contributed by atoms with E-state index < -0.39 is 23.2 Å². The molecule has 0 bridgehead atoms. The topological polar surface area (TPSA) is 50.3 Å². The van der Waals surface area contributed by atoms with Crippen molar-refractivity contribution in [2.45, 2.75) is 24.4 Å². The third-order valence-electron chi connectivity index (χ3n) is 4.84. The first-order valence-electron chi connectivity index (χ1n) is 8.73. The molecule has 9 heteroatoms. The van der Waals surface area contributed by atoms with Gasteiger partial charge in [-0.05, 0) is 25.0 Å². The molecule has 0 spiro atoms. The van der Waals surface area contributed by atoms with Gasteiger partial charge in [0.1, 0.15) is 28.9 Å². The van der Waals surface area contributed by atoms with Crippen molar-refractivity contribution in [2.75, 3.05) is 22.9 Å². The van der Waals surface area contributed by atoms with Crippen LogP contribution >= 0.6 is 11.8 Å². The van der Waals surface area contributed by atoms with Gasteiger partial charge in [-0.15, -0.1) is 0 Å². The van der Waals surface area contributed by atoms with Crippen molar-refractivity contribution >= 4 is 23.3 Å². The van der Waals surface area contributed by atoms with Gasteiger partial charge < -0.3 is 15.5 Å². The summed E-state index contributed by atoms with van der Waals surface area (Å²) in [6.45, 7) is 0.970. The van der Waals surface area contributed by atoms with Crippen LogP contribution in [0.4, 0.5) is 24.7 Å². The molecule has 2 aliphatic rings. The highest BCUT2D eigenvalue weighted by atomic mass is 32.2. The molecule has 2 aromatic rings. The number of nitrogens with zero attached hydrogens (tertiary/aromatic N) is 4. The third-order valence-corrected chi connectivity index (χ3v) is 5.91. The molecule has 2 unspecified atom stereocenters. The van der Waals surface area contributed by atoms with Crippen LogP contribution in [0.2, 0.25) is 0 Å². The van der Waals surface area contributed by atoms with Crippen LogP contribution in [0, 0.1) is 11.6 Å². The maximum absolute atomic E-state index is 14.4. The Morgan fingerprint density at radius 3 is 2.70 bits per heavy atom. The molecule has 2 N–H and O–H groups in total. The quantitative estimate of drug-likeness (QED) is 0.860. The lowest BCUT2D eigenvalue weighted by Gasteiger charge is -2.33. The lowest BCUT2D eigenvalue weighted by molar-refractivity contribution is 0.285. The second-order valence-electron chi connectivity index (χ2n) is 6.71. The number of rotatable bonds is 3. The Morgan fingerprint density at radius 1 is 1.26 bits per heavy atom. The second kappa shape index (κ2) is 7.03. The largest absolute Gasteiger partial charge is 0.392 e. The maximum Gasteiger partial charge on any atom is 0.151 e. The Hall–Kier alpha value is -2.29. The molecule has 0 aliphatic carbocycles. The van der Waals surface area contributed by atoms with E-state index in [2.05, 4.69) is 5.10 Å². The molecule has 1 aromatic carbocycles. The Balaban J connectivity index is 1.76. The van der Waals surface area contributed by atoms with Crippen LogP contribution in [0.1, 0.15) is 23.8 Å². The van der Waals surface area contributed by atoms with E-state index in [4.69, 9.17) is 5.73 Å². The minimum atomic E-state index is -0.908. The Kier molecular flexibility index (Phi) is 4.71. The summed E-state index contributed by atoms with van der Waals surface area (Å²) in [5, 5.41) is 4.05. The van der Waals surface area contributed by atoms with E-state index in [9.17, 15) is 13.2 Å². The molecule has 0 amide bonds. The predicted octanol–water partition coefficient (Wildman–Crippen LogP) is 3.65. The number of alkyl halides is 1. The first kappa shape index (κ1) is 18.1. The number of piperidine rings is 1. The zero-order chi connectivity index (χ0) is 19.1. The molecule has 4 rings (SSSR count). The minimum Gasteiger partial charge on any atom is -0.392 e. The standard InChI is InChI=1S/C18H20F3N5S/c1-24-17(25-7-3-4-11(19)9-25)14(8-23-24)26-10-15(22)27-18(26)16-12(20)5-2-6-13(16)21/h2,5-6,8,10-11,18H,3-4,7,9,22H2,1H3. The molecule has 3 heterocycles. The summed E-state index contributed by atoms with van der Waals surface area (Å²) in [6.07, 6.45) is 3.65. The van der Waals surface area contributed by atoms with E-state index in [1.807, 2.05) is 4.90 Å². The number of thioether (sulfide) groups is 1. The average molecular weight is 395 g/mol. The van der Waals surface area contributed by atoms with E-state index in [1.165, 1.54) is 30.0 Å². The van der Waals surface area contributed by atoms with E-state index in [0.717, 1.165) is 6.42 Å². The summed E-state index contributed by atoms with van der Waals surface area (Å²) >= 11 is 1.17. The van der Waals surface area contributed by atoms with Crippen molar-refractivity contribution in [2.24, 2.45) is 12.8 Å². The molecule has 1 aromatic heterocycles. The van der Waals surface area contributed by atoms with Crippen molar-refractivity contribution in [3.05, 3.63) is 52.8 Å². The summed E-state index contributed by atoms with van der Waals surface area (Å²) in [5.41, 5.74) is 6.57. The monoisotopic (exact) mass is 395 g/mol. The SMILES string of the molecule is Cn1ncc(N2C=C(N)SC2c2c(F)cccc2F)c1N1CCCC(F)C1. The van der Waals surface area contributed by atoms with E-state index in [0.29, 0.717) is 29.5 Å². The first-order chi connectivity index (χ1) is 13.0. The molecule has 27 heavy (non-hydrogen) atoms. The normalized spacial score (nSPS) is 23.0. The summed E-state index contributed by atoms with van der Waals surface area (Å²) < 4.78 is 44.4.